The Morgan fingerprint density at radius 3 is 2.50 bits per heavy atom. The molecular weight excluding hydrogens is 493 g/mol. The molecule has 190 valence electrons. The highest BCUT2D eigenvalue weighted by Gasteiger charge is 2.29. The van der Waals surface area contributed by atoms with Crippen molar-refractivity contribution in [2.24, 2.45) is 5.73 Å². The van der Waals surface area contributed by atoms with Crippen LogP contribution in [-0.2, 0) is 20.8 Å². The Hall–Kier alpha value is -4.12. The number of aromatic amines is 1. The Bertz CT molecular complexity index is 1250. The Labute approximate surface area is 210 Å². The van der Waals surface area contributed by atoms with Gasteiger partial charge in [0.1, 0.15) is 17.5 Å². The van der Waals surface area contributed by atoms with E-state index in [2.05, 4.69) is 15.7 Å². The summed E-state index contributed by atoms with van der Waals surface area (Å²) in [5, 5.41) is 3.89. The molecule has 2 atom stereocenters. The van der Waals surface area contributed by atoms with Crippen molar-refractivity contribution in [1.82, 2.24) is 20.7 Å². The minimum atomic E-state index is -2.46. The van der Waals surface area contributed by atoms with Crippen LogP contribution in [-0.4, -0.2) is 58.9 Å². The standard InChI is InChI=1S/C24H25ClFN5O5/c1-36-19-9-5-8-16-15(19)13-18(28-16)22(33)29-17(12-14-6-3-2-4-7-14)23(34)30-31(11-10-20(27)32)24(35)21(25)26/h2-9,13,17,21,28H,10-12H2,1H3,(H2,27,32)(H,29,33)(H,30,34)/t17-,21?/m0/s1. The first-order valence-electron chi connectivity index (χ1n) is 10.9. The number of ether oxygens (including phenoxy) is 1. The van der Waals surface area contributed by atoms with Crippen molar-refractivity contribution in [1.29, 1.82) is 0 Å². The van der Waals surface area contributed by atoms with Gasteiger partial charge in [-0.05, 0) is 23.8 Å². The Morgan fingerprint density at radius 2 is 1.86 bits per heavy atom. The van der Waals surface area contributed by atoms with E-state index in [0.29, 0.717) is 27.2 Å². The van der Waals surface area contributed by atoms with Crippen molar-refractivity contribution in [2.75, 3.05) is 13.7 Å². The van der Waals surface area contributed by atoms with E-state index < -0.39 is 41.8 Å². The molecule has 3 rings (SSSR count). The summed E-state index contributed by atoms with van der Waals surface area (Å²) in [6.45, 7) is -0.402. The van der Waals surface area contributed by atoms with Crippen LogP contribution >= 0.6 is 11.6 Å². The molecule has 4 amide bonds. The molecule has 12 heteroatoms. The van der Waals surface area contributed by atoms with E-state index in [1.807, 2.05) is 0 Å². The number of nitrogens with zero attached hydrogens (tertiary/aromatic N) is 1. The van der Waals surface area contributed by atoms with Crippen LogP contribution in [0.4, 0.5) is 4.39 Å². The third-order valence-corrected chi connectivity index (χ3v) is 5.46. The van der Waals surface area contributed by atoms with Gasteiger partial charge in [-0.1, -0.05) is 48.0 Å². The fourth-order valence-corrected chi connectivity index (χ4v) is 3.61. The topological polar surface area (TPSA) is 147 Å². The van der Waals surface area contributed by atoms with E-state index >= 15 is 0 Å². The van der Waals surface area contributed by atoms with Crippen molar-refractivity contribution in [2.45, 2.75) is 24.5 Å². The van der Waals surface area contributed by atoms with E-state index in [0.717, 1.165) is 0 Å². The first-order chi connectivity index (χ1) is 17.2. The monoisotopic (exact) mass is 517 g/mol. The fraction of sp³-hybridized carbons (Fsp3) is 0.250. The summed E-state index contributed by atoms with van der Waals surface area (Å²) in [4.78, 5) is 52.5. The van der Waals surface area contributed by atoms with Crippen molar-refractivity contribution in [3.8, 4) is 5.75 Å². The molecule has 0 radical (unpaired) electrons. The molecule has 0 bridgehead atoms. The number of halogens is 2. The van der Waals surface area contributed by atoms with Gasteiger partial charge >= 0.3 is 0 Å². The number of amides is 4. The minimum absolute atomic E-state index is 0.0553. The molecule has 5 N–H and O–H groups in total. The number of nitrogens with one attached hydrogen (secondary N) is 3. The second-order valence-electron chi connectivity index (χ2n) is 7.80. The van der Waals surface area contributed by atoms with Crippen LogP contribution in [0.1, 0.15) is 22.5 Å². The average Bonchev–Trinajstić information content (AvgIpc) is 3.30. The molecule has 3 aromatic rings. The molecule has 0 saturated heterocycles. The van der Waals surface area contributed by atoms with Gasteiger partial charge in [-0.3, -0.25) is 24.6 Å². The van der Waals surface area contributed by atoms with Crippen molar-refractivity contribution < 1.29 is 28.3 Å². The van der Waals surface area contributed by atoms with Crippen molar-refractivity contribution >= 4 is 46.1 Å². The fourth-order valence-electron chi connectivity index (χ4n) is 3.49. The van der Waals surface area contributed by atoms with Gasteiger partial charge in [0.15, 0.2) is 0 Å². The van der Waals surface area contributed by atoms with E-state index in [-0.39, 0.29) is 18.5 Å². The van der Waals surface area contributed by atoms with Crippen LogP contribution < -0.4 is 21.2 Å². The van der Waals surface area contributed by atoms with E-state index in [4.69, 9.17) is 22.1 Å². The van der Waals surface area contributed by atoms with Crippen molar-refractivity contribution in [3.63, 3.8) is 0 Å². The number of nitrogens with two attached hydrogens (primary N) is 1. The number of H-pyrrole nitrogens is 1. The van der Waals surface area contributed by atoms with Crippen LogP contribution in [0.15, 0.2) is 54.6 Å². The molecule has 0 aliphatic heterocycles. The van der Waals surface area contributed by atoms with Crippen LogP contribution in [0.25, 0.3) is 10.9 Å². The molecular formula is C24H25ClFN5O5. The highest BCUT2D eigenvalue weighted by Crippen LogP contribution is 2.26. The number of fused-ring (bicyclic) bond motifs is 1. The molecule has 36 heavy (non-hydrogen) atoms. The maximum Gasteiger partial charge on any atom is 0.291 e. The lowest BCUT2D eigenvalue weighted by Gasteiger charge is -2.26. The molecule has 0 aliphatic rings. The molecule has 1 unspecified atom stereocenters. The van der Waals surface area contributed by atoms with Crippen LogP contribution in [0.2, 0.25) is 0 Å². The smallest absolute Gasteiger partial charge is 0.291 e. The number of hydrogen-bond acceptors (Lipinski definition) is 5. The number of aromatic nitrogens is 1. The highest BCUT2D eigenvalue weighted by molar-refractivity contribution is 6.29. The third-order valence-electron chi connectivity index (χ3n) is 5.27. The third kappa shape index (κ3) is 6.72. The lowest BCUT2D eigenvalue weighted by atomic mass is 10.1. The summed E-state index contributed by atoms with van der Waals surface area (Å²) >= 11 is 5.25. The summed E-state index contributed by atoms with van der Waals surface area (Å²) in [5.74, 6) is -2.91. The number of hydrazine groups is 1. The SMILES string of the molecule is COc1cccc2[nH]c(C(=O)N[C@@H](Cc3ccccc3)C(=O)NN(CCC(N)=O)C(=O)C(F)Cl)cc12. The predicted molar refractivity (Wildman–Crippen MR) is 131 cm³/mol. The van der Waals surface area contributed by atoms with Gasteiger partial charge in [-0.15, -0.1) is 0 Å². The van der Waals surface area contributed by atoms with E-state index in [9.17, 15) is 23.6 Å². The summed E-state index contributed by atoms with van der Waals surface area (Å²) in [5.41, 5.74) is 6.44. The first kappa shape index (κ1) is 26.5. The van der Waals surface area contributed by atoms with Crippen molar-refractivity contribution in [3.05, 3.63) is 65.9 Å². The summed E-state index contributed by atoms with van der Waals surface area (Å²) in [6, 6.07) is 14.5. The van der Waals surface area contributed by atoms with Gasteiger partial charge in [-0.25, -0.2) is 9.40 Å². The molecule has 0 spiro atoms. The zero-order valence-corrected chi connectivity index (χ0v) is 20.0. The average molecular weight is 518 g/mol. The second kappa shape index (κ2) is 12.0. The lowest BCUT2D eigenvalue weighted by molar-refractivity contribution is -0.144. The predicted octanol–water partition coefficient (Wildman–Crippen LogP) is 1.79. The summed E-state index contributed by atoms with van der Waals surface area (Å²) in [7, 11) is 1.51. The largest absolute Gasteiger partial charge is 0.496 e. The molecule has 0 fully saturated rings. The molecule has 2 aromatic carbocycles. The molecule has 10 nitrogen and oxygen atoms in total. The van der Waals surface area contributed by atoms with Crippen LogP contribution in [0.5, 0.6) is 5.75 Å². The lowest BCUT2D eigenvalue weighted by Crippen LogP contribution is -2.56. The van der Waals surface area contributed by atoms with Crippen LogP contribution in [0, 0.1) is 0 Å². The number of alkyl halides is 2. The van der Waals surface area contributed by atoms with E-state index in [1.165, 1.54) is 7.11 Å². The number of rotatable bonds is 10. The van der Waals surface area contributed by atoms with Gasteiger partial charge < -0.3 is 20.8 Å². The summed E-state index contributed by atoms with van der Waals surface area (Å²) in [6.07, 6.45) is -0.290. The number of carbonyl (C=O) groups is 4. The van der Waals surface area contributed by atoms with Gasteiger partial charge in [0.2, 0.25) is 5.91 Å². The normalized spacial score (nSPS) is 12.4. The number of primary amides is 1. The zero-order valence-electron chi connectivity index (χ0n) is 19.3. The number of benzene rings is 2. The van der Waals surface area contributed by atoms with Gasteiger partial charge in [-0.2, -0.15) is 0 Å². The first-order valence-corrected chi connectivity index (χ1v) is 11.3. The second-order valence-corrected chi connectivity index (χ2v) is 8.19. The molecule has 0 aliphatic carbocycles. The highest BCUT2D eigenvalue weighted by atomic mass is 35.5. The van der Waals surface area contributed by atoms with Gasteiger partial charge in [0.05, 0.1) is 13.7 Å². The maximum atomic E-state index is 13.5. The quantitative estimate of drug-likeness (QED) is 0.239. The Morgan fingerprint density at radius 1 is 1.14 bits per heavy atom. The number of methoxy groups -OCH3 is 1. The molecule has 0 saturated carbocycles. The maximum absolute atomic E-state index is 13.5. The number of hydrogen-bond donors (Lipinski definition) is 4. The summed E-state index contributed by atoms with van der Waals surface area (Å²) < 4.78 is 18.8. The van der Waals surface area contributed by atoms with Crippen LogP contribution in [0.3, 0.4) is 0 Å². The van der Waals surface area contributed by atoms with Gasteiger partial charge in [0.25, 0.3) is 23.4 Å². The Balaban J connectivity index is 1.85. The van der Waals surface area contributed by atoms with Gasteiger partial charge in [0, 0.05) is 23.7 Å². The number of carbonyl (C=O) groups excluding carboxylic acids is 4. The Kier molecular flexibility index (Phi) is 8.85. The minimum Gasteiger partial charge on any atom is -0.496 e. The zero-order chi connectivity index (χ0) is 26.2. The molecule has 1 heterocycles. The molecule has 1 aromatic heterocycles. The van der Waals surface area contributed by atoms with E-state index in [1.54, 1.807) is 54.6 Å².